The molecule has 0 spiro atoms. The maximum absolute atomic E-state index is 5.69. The third-order valence-corrected chi connectivity index (χ3v) is 4.74. The fourth-order valence-corrected chi connectivity index (χ4v) is 3.23. The Morgan fingerprint density at radius 2 is 2.11 bits per heavy atom. The van der Waals surface area contributed by atoms with Gasteiger partial charge in [-0.25, -0.2) is 0 Å². The minimum absolute atomic E-state index is 0.530. The molecule has 100 valence electrons. The summed E-state index contributed by atoms with van der Waals surface area (Å²) in [7, 11) is 0. The van der Waals surface area contributed by atoms with Gasteiger partial charge in [0.2, 0.25) is 0 Å². The second-order valence-corrected chi connectivity index (χ2v) is 6.55. The van der Waals surface area contributed by atoms with Gasteiger partial charge in [0.25, 0.3) is 0 Å². The molecule has 1 aliphatic heterocycles. The highest BCUT2D eigenvalue weighted by molar-refractivity contribution is 14.1. The van der Waals surface area contributed by atoms with Gasteiger partial charge in [0, 0.05) is 16.2 Å². The molecule has 0 aliphatic carbocycles. The summed E-state index contributed by atoms with van der Waals surface area (Å²) < 4.78 is 1.31. The molecule has 0 saturated carbocycles. The molecule has 0 radical (unpaired) electrons. The summed E-state index contributed by atoms with van der Waals surface area (Å²) in [5, 5.41) is 0. The number of nitrogens with zero attached hydrogens (tertiary/aromatic N) is 1. The Bertz CT molecular complexity index is 361. The van der Waals surface area contributed by atoms with Crippen LogP contribution in [0.3, 0.4) is 0 Å². The third-order valence-electron chi connectivity index (χ3n) is 4.03. The topological polar surface area (TPSA) is 29.3 Å². The van der Waals surface area contributed by atoms with Gasteiger partial charge in [-0.1, -0.05) is 12.1 Å². The number of hydrogen-bond donors (Lipinski definition) is 1. The number of benzene rings is 1. The minimum atomic E-state index is 0.530. The number of rotatable bonds is 4. The Morgan fingerprint density at radius 1 is 1.39 bits per heavy atom. The van der Waals surface area contributed by atoms with Gasteiger partial charge in [-0.2, -0.15) is 0 Å². The molecule has 2 N–H and O–H groups in total. The summed E-state index contributed by atoms with van der Waals surface area (Å²) in [5.74, 6) is 0.801. The van der Waals surface area contributed by atoms with Crippen LogP contribution in [0.25, 0.3) is 0 Å². The molecule has 1 aromatic rings. The van der Waals surface area contributed by atoms with Crippen LogP contribution in [0.5, 0.6) is 0 Å². The van der Waals surface area contributed by atoms with Crippen LogP contribution in [0.2, 0.25) is 0 Å². The zero-order chi connectivity index (χ0) is 13.0. The van der Waals surface area contributed by atoms with E-state index in [1.54, 1.807) is 0 Å². The molecule has 1 aliphatic rings. The Labute approximate surface area is 124 Å². The van der Waals surface area contributed by atoms with E-state index in [2.05, 4.69) is 58.7 Å². The van der Waals surface area contributed by atoms with Crippen molar-refractivity contribution in [2.24, 2.45) is 11.7 Å². The molecule has 1 heterocycles. The van der Waals surface area contributed by atoms with E-state index in [1.807, 2.05) is 0 Å². The van der Waals surface area contributed by atoms with E-state index in [0.717, 1.165) is 12.5 Å². The molecule has 1 saturated heterocycles. The fraction of sp³-hybridized carbons (Fsp3) is 0.600. The van der Waals surface area contributed by atoms with Crippen LogP contribution >= 0.6 is 22.6 Å². The van der Waals surface area contributed by atoms with E-state index in [-0.39, 0.29) is 0 Å². The highest BCUT2D eigenvalue weighted by Gasteiger charge is 2.23. The average Bonchev–Trinajstić information content (AvgIpc) is 2.39. The molecule has 2 unspecified atom stereocenters. The van der Waals surface area contributed by atoms with Crippen molar-refractivity contribution in [1.82, 2.24) is 4.90 Å². The van der Waals surface area contributed by atoms with Crippen LogP contribution in [0.1, 0.15) is 37.8 Å². The number of likely N-dealkylation sites (tertiary alicyclic amines) is 1. The van der Waals surface area contributed by atoms with E-state index in [1.165, 1.54) is 41.5 Å². The van der Waals surface area contributed by atoms with Gasteiger partial charge in [-0.15, -0.1) is 0 Å². The van der Waals surface area contributed by atoms with E-state index in [0.29, 0.717) is 6.04 Å². The Balaban J connectivity index is 1.99. The molecule has 2 rings (SSSR count). The van der Waals surface area contributed by atoms with Crippen LogP contribution in [-0.4, -0.2) is 24.5 Å². The first kappa shape index (κ1) is 14.3. The number of hydrogen-bond acceptors (Lipinski definition) is 2. The van der Waals surface area contributed by atoms with Gasteiger partial charge in [0.05, 0.1) is 0 Å². The lowest BCUT2D eigenvalue weighted by molar-refractivity contribution is 0.128. The van der Waals surface area contributed by atoms with Gasteiger partial charge in [-0.3, -0.25) is 4.90 Å². The van der Waals surface area contributed by atoms with Crippen molar-refractivity contribution >= 4 is 22.6 Å². The standard InChI is InChI=1S/C15H23IN2/c1-12(14-4-6-15(16)7-5-14)18-10-2-3-13(11-18)8-9-17/h4-7,12-13H,2-3,8-11,17H2,1H3. The van der Waals surface area contributed by atoms with Crippen molar-refractivity contribution < 1.29 is 0 Å². The normalized spacial score (nSPS) is 22.9. The predicted molar refractivity (Wildman–Crippen MR) is 85.5 cm³/mol. The first-order valence-electron chi connectivity index (χ1n) is 6.90. The highest BCUT2D eigenvalue weighted by Crippen LogP contribution is 2.28. The van der Waals surface area contributed by atoms with E-state index < -0.39 is 0 Å². The van der Waals surface area contributed by atoms with Crippen LogP contribution in [0.15, 0.2) is 24.3 Å². The third kappa shape index (κ3) is 3.68. The van der Waals surface area contributed by atoms with Gasteiger partial charge in [-0.05, 0) is 85.5 Å². The zero-order valence-corrected chi connectivity index (χ0v) is 13.3. The predicted octanol–water partition coefficient (Wildman–Crippen LogP) is 3.41. The SMILES string of the molecule is CC(c1ccc(I)cc1)N1CCCC(CCN)C1. The summed E-state index contributed by atoms with van der Waals surface area (Å²) in [6, 6.07) is 9.46. The maximum Gasteiger partial charge on any atom is 0.0320 e. The lowest BCUT2D eigenvalue weighted by atomic mass is 9.93. The molecule has 3 heteroatoms. The second-order valence-electron chi connectivity index (χ2n) is 5.31. The van der Waals surface area contributed by atoms with Gasteiger partial charge < -0.3 is 5.73 Å². The number of halogens is 1. The molecular weight excluding hydrogens is 335 g/mol. The van der Waals surface area contributed by atoms with E-state index in [4.69, 9.17) is 5.73 Å². The lowest BCUT2D eigenvalue weighted by Crippen LogP contribution is -2.37. The Morgan fingerprint density at radius 3 is 2.78 bits per heavy atom. The molecule has 2 nitrogen and oxygen atoms in total. The molecule has 0 bridgehead atoms. The summed E-state index contributed by atoms with van der Waals surface area (Å²) >= 11 is 2.36. The second kappa shape index (κ2) is 6.87. The van der Waals surface area contributed by atoms with Gasteiger partial charge in [0.1, 0.15) is 0 Å². The molecule has 2 atom stereocenters. The smallest absolute Gasteiger partial charge is 0.0320 e. The minimum Gasteiger partial charge on any atom is -0.330 e. The van der Waals surface area contributed by atoms with Gasteiger partial charge >= 0.3 is 0 Å². The van der Waals surface area contributed by atoms with Crippen LogP contribution in [-0.2, 0) is 0 Å². The van der Waals surface area contributed by atoms with Crippen molar-refractivity contribution in [3.8, 4) is 0 Å². The number of piperidine rings is 1. The molecule has 0 amide bonds. The summed E-state index contributed by atoms with van der Waals surface area (Å²) in [6.45, 7) is 5.60. The molecule has 1 fully saturated rings. The van der Waals surface area contributed by atoms with Crippen molar-refractivity contribution in [2.75, 3.05) is 19.6 Å². The van der Waals surface area contributed by atoms with Gasteiger partial charge in [0.15, 0.2) is 0 Å². The van der Waals surface area contributed by atoms with Crippen molar-refractivity contribution in [1.29, 1.82) is 0 Å². The largest absolute Gasteiger partial charge is 0.330 e. The summed E-state index contributed by atoms with van der Waals surface area (Å²) in [6.07, 6.45) is 3.85. The molecule has 18 heavy (non-hydrogen) atoms. The van der Waals surface area contributed by atoms with E-state index >= 15 is 0 Å². The lowest BCUT2D eigenvalue weighted by Gasteiger charge is -2.37. The Hall–Kier alpha value is -0.130. The van der Waals surface area contributed by atoms with Crippen LogP contribution in [0, 0.1) is 9.49 Å². The van der Waals surface area contributed by atoms with E-state index in [9.17, 15) is 0 Å². The summed E-state index contributed by atoms with van der Waals surface area (Å²) in [4.78, 5) is 2.62. The summed E-state index contributed by atoms with van der Waals surface area (Å²) in [5.41, 5.74) is 7.12. The average molecular weight is 358 g/mol. The first-order chi connectivity index (χ1) is 8.70. The monoisotopic (exact) mass is 358 g/mol. The molecule has 0 aromatic heterocycles. The maximum atomic E-state index is 5.69. The highest BCUT2D eigenvalue weighted by atomic mass is 127. The number of nitrogens with two attached hydrogens (primary N) is 1. The van der Waals surface area contributed by atoms with Crippen LogP contribution in [0.4, 0.5) is 0 Å². The quantitative estimate of drug-likeness (QED) is 0.836. The first-order valence-corrected chi connectivity index (χ1v) is 7.98. The van der Waals surface area contributed by atoms with Crippen molar-refractivity contribution in [2.45, 2.75) is 32.2 Å². The van der Waals surface area contributed by atoms with Crippen molar-refractivity contribution in [3.63, 3.8) is 0 Å². The van der Waals surface area contributed by atoms with Crippen LogP contribution < -0.4 is 5.73 Å². The van der Waals surface area contributed by atoms with Crippen molar-refractivity contribution in [3.05, 3.63) is 33.4 Å². The Kier molecular flexibility index (Phi) is 5.45. The fourth-order valence-electron chi connectivity index (χ4n) is 2.87. The molecular formula is C15H23IN2. The molecule has 1 aromatic carbocycles. The zero-order valence-electron chi connectivity index (χ0n) is 11.1.